The summed E-state index contributed by atoms with van der Waals surface area (Å²) in [4.78, 5) is 24.9. The molecule has 1 aliphatic carbocycles. The number of aromatic nitrogens is 2. The van der Waals surface area contributed by atoms with E-state index in [1.54, 1.807) is 49.4 Å². The Morgan fingerprint density at radius 2 is 1.89 bits per heavy atom. The summed E-state index contributed by atoms with van der Waals surface area (Å²) in [6.07, 6.45) is 3.42. The molecule has 3 aromatic rings. The van der Waals surface area contributed by atoms with Crippen LogP contribution in [0.1, 0.15) is 39.3 Å². The average molecular weight is 378 g/mol. The lowest BCUT2D eigenvalue weighted by Gasteiger charge is -2.09. The van der Waals surface area contributed by atoms with Crippen molar-refractivity contribution in [2.75, 3.05) is 5.32 Å². The first-order valence-corrected chi connectivity index (χ1v) is 9.05. The minimum Gasteiger partial charge on any atom is -0.349 e. The third-order valence-electron chi connectivity index (χ3n) is 4.63. The van der Waals surface area contributed by atoms with Gasteiger partial charge < -0.3 is 10.6 Å². The molecule has 2 amide bonds. The fourth-order valence-corrected chi connectivity index (χ4v) is 2.93. The first kappa shape index (κ1) is 17.9. The second kappa shape index (κ2) is 7.26. The summed E-state index contributed by atoms with van der Waals surface area (Å²) in [5.74, 6) is -0.947. The summed E-state index contributed by atoms with van der Waals surface area (Å²) in [6.45, 7) is 1.70. The van der Waals surface area contributed by atoms with E-state index >= 15 is 0 Å². The Balaban J connectivity index is 1.53. The van der Waals surface area contributed by atoms with Crippen molar-refractivity contribution in [3.8, 4) is 5.69 Å². The first-order valence-electron chi connectivity index (χ1n) is 9.05. The van der Waals surface area contributed by atoms with Crippen LogP contribution in [0.15, 0.2) is 54.7 Å². The lowest BCUT2D eigenvalue weighted by molar-refractivity contribution is 0.0949. The molecule has 0 saturated heterocycles. The molecule has 28 heavy (non-hydrogen) atoms. The van der Waals surface area contributed by atoms with Gasteiger partial charge in [-0.15, -0.1) is 0 Å². The summed E-state index contributed by atoms with van der Waals surface area (Å²) < 4.78 is 15.4. The number of rotatable bonds is 5. The van der Waals surface area contributed by atoms with E-state index in [1.807, 2.05) is 0 Å². The van der Waals surface area contributed by atoms with Gasteiger partial charge in [-0.3, -0.25) is 9.59 Å². The zero-order valence-corrected chi connectivity index (χ0v) is 15.3. The first-order chi connectivity index (χ1) is 13.5. The van der Waals surface area contributed by atoms with Gasteiger partial charge in [0.15, 0.2) is 0 Å². The third-order valence-corrected chi connectivity index (χ3v) is 4.63. The summed E-state index contributed by atoms with van der Waals surface area (Å²) in [5, 5.41) is 9.84. The van der Waals surface area contributed by atoms with Crippen LogP contribution in [0, 0.1) is 12.7 Å². The number of nitrogens with zero attached hydrogens (tertiary/aromatic N) is 2. The van der Waals surface area contributed by atoms with Gasteiger partial charge in [0.2, 0.25) is 0 Å². The average Bonchev–Trinajstić information content (AvgIpc) is 3.42. The molecule has 2 N–H and O–H groups in total. The van der Waals surface area contributed by atoms with Gasteiger partial charge in [0.1, 0.15) is 11.5 Å². The molecule has 1 saturated carbocycles. The summed E-state index contributed by atoms with van der Waals surface area (Å²) in [5.41, 5.74) is 2.12. The van der Waals surface area contributed by atoms with Crippen LogP contribution in [0.4, 0.5) is 10.1 Å². The van der Waals surface area contributed by atoms with Crippen molar-refractivity contribution < 1.29 is 14.0 Å². The summed E-state index contributed by atoms with van der Waals surface area (Å²) in [7, 11) is 0. The summed E-state index contributed by atoms with van der Waals surface area (Å²) in [6, 6.07) is 13.3. The van der Waals surface area contributed by atoms with Crippen molar-refractivity contribution in [2.45, 2.75) is 25.8 Å². The predicted molar refractivity (Wildman–Crippen MR) is 103 cm³/mol. The molecule has 0 atom stereocenters. The molecule has 4 rings (SSSR count). The van der Waals surface area contributed by atoms with Crippen LogP contribution in [-0.4, -0.2) is 27.6 Å². The number of carbonyl (C=O) groups is 2. The Kier molecular flexibility index (Phi) is 4.65. The number of hydrogen-bond donors (Lipinski definition) is 2. The van der Waals surface area contributed by atoms with E-state index in [9.17, 15) is 14.0 Å². The molecule has 1 aromatic heterocycles. The number of benzene rings is 2. The van der Waals surface area contributed by atoms with Crippen LogP contribution < -0.4 is 10.6 Å². The van der Waals surface area contributed by atoms with Crippen LogP contribution in [0.25, 0.3) is 5.69 Å². The Morgan fingerprint density at radius 1 is 1.11 bits per heavy atom. The largest absolute Gasteiger partial charge is 0.349 e. The van der Waals surface area contributed by atoms with E-state index in [0.717, 1.165) is 12.8 Å². The van der Waals surface area contributed by atoms with E-state index in [0.29, 0.717) is 22.5 Å². The lowest BCUT2D eigenvalue weighted by atomic mass is 10.1. The van der Waals surface area contributed by atoms with Gasteiger partial charge >= 0.3 is 0 Å². The van der Waals surface area contributed by atoms with Crippen molar-refractivity contribution in [2.24, 2.45) is 0 Å². The minimum atomic E-state index is -0.421. The highest BCUT2D eigenvalue weighted by Gasteiger charge is 2.24. The zero-order valence-electron chi connectivity index (χ0n) is 15.3. The van der Waals surface area contributed by atoms with Crippen molar-refractivity contribution in [1.29, 1.82) is 0 Å². The number of amides is 2. The number of nitrogens with one attached hydrogen (secondary N) is 2. The SMILES string of the molecule is Cc1c(C(=O)Nc2cccc(C(=O)NC3CC3)c2)cnn1-c1ccccc1F. The van der Waals surface area contributed by atoms with Crippen molar-refractivity contribution in [3.63, 3.8) is 0 Å². The molecule has 142 valence electrons. The van der Waals surface area contributed by atoms with Crippen molar-refractivity contribution >= 4 is 17.5 Å². The van der Waals surface area contributed by atoms with Crippen LogP contribution in [-0.2, 0) is 0 Å². The molecule has 1 aliphatic rings. The molecular weight excluding hydrogens is 359 g/mol. The molecule has 6 nitrogen and oxygen atoms in total. The van der Waals surface area contributed by atoms with Crippen LogP contribution in [0.2, 0.25) is 0 Å². The van der Waals surface area contributed by atoms with Gasteiger partial charge in [0.05, 0.1) is 17.5 Å². The second-order valence-corrected chi connectivity index (χ2v) is 6.79. The number of para-hydroxylation sites is 1. The Labute approximate surface area is 161 Å². The highest BCUT2D eigenvalue weighted by molar-refractivity contribution is 6.05. The van der Waals surface area contributed by atoms with Gasteiger partial charge in [-0.1, -0.05) is 18.2 Å². The van der Waals surface area contributed by atoms with Gasteiger partial charge in [-0.25, -0.2) is 9.07 Å². The Hall–Kier alpha value is -3.48. The maximum Gasteiger partial charge on any atom is 0.259 e. The summed E-state index contributed by atoms with van der Waals surface area (Å²) >= 11 is 0. The molecular formula is C21H19FN4O2. The number of halogens is 1. The molecule has 0 radical (unpaired) electrons. The normalized spacial score (nSPS) is 13.2. The van der Waals surface area contributed by atoms with Crippen LogP contribution in [0.5, 0.6) is 0 Å². The molecule has 1 fully saturated rings. The molecule has 0 bridgehead atoms. The fourth-order valence-electron chi connectivity index (χ4n) is 2.93. The fraction of sp³-hybridized carbons (Fsp3) is 0.190. The van der Waals surface area contributed by atoms with E-state index in [-0.39, 0.29) is 23.5 Å². The minimum absolute atomic E-state index is 0.151. The highest BCUT2D eigenvalue weighted by Crippen LogP contribution is 2.21. The van der Waals surface area contributed by atoms with E-state index < -0.39 is 5.82 Å². The third kappa shape index (κ3) is 3.64. The van der Waals surface area contributed by atoms with Gasteiger partial charge in [-0.2, -0.15) is 5.10 Å². The number of carbonyl (C=O) groups excluding carboxylic acids is 2. The van der Waals surface area contributed by atoms with Crippen LogP contribution >= 0.6 is 0 Å². The van der Waals surface area contributed by atoms with E-state index in [2.05, 4.69) is 15.7 Å². The van der Waals surface area contributed by atoms with Crippen LogP contribution in [0.3, 0.4) is 0 Å². The monoisotopic (exact) mass is 378 g/mol. The van der Waals surface area contributed by atoms with E-state index in [4.69, 9.17) is 0 Å². The number of hydrogen-bond acceptors (Lipinski definition) is 3. The Morgan fingerprint density at radius 3 is 2.64 bits per heavy atom. The molecule has 0 spiro atoms. The quantitative estimate of drug-likeness (QED) is 0.714. The molecule has 7 heteroatoms. The topological polar surface area (TPSA) is 76.0 Å². The number of anilines is 1. The lowest BCUT2D eigenvalue weighted by Crippen LogP contribution is -2.25. The smallest absolute Gasteiger partial charge is 0.259 e. The van der Waals surface area contributed by atoms with Gasteiger partial charge in [0, 0.05) is 17.3 Å². The Bertz CT molecular complexity index is 1060. The maximum atomic E-state index is 14.0. The second-order valence-electron chi connectivity index (χ2n) is 6.79. The highest BCUT2D eigenvalue weighted by atomic mass is 19.1. The zero-order chi connectivity index (χ0) is 19.7. The molecule has 0 aliphatic heterocycles. The predicted octanol–water partition coefficient (Wildman–Crippen LogP) is 3.46. The molecule has 2 aromatic carbocycles. The standard InChI is InChI=1S/C21H19FN4O2/c1-13-17(12-23-26(13)19-8-3-2-7-18(19)22)21(28)25-16-6-4-5-14(11-16)20(27)24-15-9-10-15/h2-8,11-12,15H,9-10H2,1H3,(H,24,27)(H,25,28). The van der Waals surface area contributed by atoms with Crippen molar-refractivity contribution in [1.82, 2.24) is 15.1 Å². The van der Waals surface area contributed by atoms with Gasteiger partial charge in [0.25, 0.3) is 11.8 Å². The van der Waals surface area contributed by atoms with E-state index in [1.165, 1.54) is 16.9 Å². The molecule has 1 heterocycles. The molecule has 0 unspecified atom stereocenters. The van der Waals surface area contributed by atoms with Gasteiger partial charge in [-0.05, 0) is 50.1 Å². The maximum absolute atomic E-state index is 14.0. The van der Waals surface area contributed by atoms with Crippen molar-refractivity contribution in [3.05, 3.63) is 77.4 Å².